The molecule has 0 unspecified atom stereocenters. The zero-order chi connectivity index (χ0) is 36.2. The Hall–Kier alpha value is -2.08. The van der Waals surface area contributed by atoms with Crippen molar-refractivity contribution in [3.05, 3.63) is 99.6 Å². The van der Waals surface area contributed by atoms with Crippen molar-refractivity contribution >= 4 is 11.4 Å². The number of benzene rings is 2. The van der Waals surface area contributed by atoms with Crippen LogP contribution in [0, 0.1) is 0 Å². The Morgan fingerprint density at radius 2 is 1.02 bits per heavy atom. The average Bonchev–Trinajstić information content (AvgIpc) is 3.41. The first-order valence-corrected chi connectivity index (χ1v) is 23.0. The molecule has 0 spiro atoms. The summed E-state index contributed by atoms with van der Waals surface area (Å²) in [5.74, 6) is 0. The summed E-state index contributed by atoms with van der Waals surface area (Å²) in [5, 5.41) is 0. The summed E-state index contributed by atoms with van der Waals surface area (Å²) in [7, 11) is 0. The molecule has 0 bridgehead atoms. The van der Waals surface area contributed by atoms with Crippen molar-refractivity contribution < 1.29 is 22.7 Å². The summed E-state index contributed by atoms with van der Waals surface area (Å²) < 4.78 is 1.55. The van der Waals surface area contributed by atoms with Crippen LogP contribution in [0.4, 0.5) is 0 Å². The maximum atomic E-state index is 12.1. The summed E-state index contributed by atoms with van der Waals surface area (Å²) in [6.07, 6.45) is 30.8. The molecule has 1 heterocycles. The Bertz CT molecular complexity index is 1300. The van der Waals surface area contributed by atoms with Crippen molar-refractivity contribution in [3.63, 3.8) is 0 Å². The molecule has 0 aliphatic carbocycles. The molecule has 0 saturated heterocycles. The summed E-state index contributed by atoms with van der Waals surface area (Å²) in [4.78, 5) is 2.79. The molecule has 0 aromatic heterocycles. The topological polar surface area (TPSA) is 25.3 Å². The molecule has 2 nitrogen and oxygen atoms in total. The first-order chi connectivity index (χ1) is 24.6. The fraction of sp³-hybridized carbons (Fsp3) is 0.617. The zero-order valence-corrected chi connectivity index (χ0v) is 34.8. The van der Waals surface area contributed by atoms with E-state index in [1.54, 1.807) is 4.70 Å². The third kappa shape index (κ3) is 16.5. The number of aryl methyl sites for hydroxylation is 2. The van der Waals surface area contributed by atoms with Gasteiger partial charge in [0.15, 0.2) is 0 Å². The van der Waals surface area contributed by atoms with Gasteiger partial charge in [0.2, 0.25) is 11.4 Å². The molecule has 0 saturated carbocycles. The fourth-order valence-corrected chi connectivity index (χ4v) is 7.58. The molecule has 0 atom stereocenters. The van der Waals surface area contributed by atoms with Crippen molar-refractivity contribution in [2.45, 2.75) is 186 Å². The van der Waals surface area contributed by atoms with Crippen molar-refractivity contribution in [2.24, 2.45) is 0 Å². The van der Waals surface area contributed by atoms with E-state index in [-0.39, 0.29) is 0 Å². The van der Waals surface area contributed by atoms with Crippen LogP contribution in [0.5, 0.6) is 0 Å². The first-order valence-electron chi connectivity index (χ1n) is 20.8. The Balaban J connectivity index is 0.00000161. The van der Waals surface area contributed by atoms with E-state index in [9.17, 15) is 5.53 Å². The quantitative estimate of drug-likeness (QED) is 0.0517. The maximum absolute atomic E-state index is 12.1. The van der Waals surface area contributed by atoms with E-state index in [0.717, 1.165) is 72.6 Å². The van der Waals surface area contributed by atoms with Crippen LogP contribution < -0.4 is 0 Å². The van der Waals surface area contributed by atoms with Gasteiger partial charge in [-0.05, 0) is 86.8 Å². The second-order valence-electron chi connectivity index (χ2n) is 13.9. The van der Waals surface area contributed by atoms with Crippen LogP contribution in [-0.4, -0.2) is 4.70 Å². The Labute approximate surface area is 318 Å². The SMILES string of the molecule is CCCCCCCCCCCC=CC1=C(c2cccc(CCCC)c2)[N+](=[N-])C(c2cccc(CCCC)c2)=C1CCCCCC.C[CH2][Pd][CH2]C. The van der Waals surface area contributed by atoms with Crippen LogP contribution in [0.15, 0.2) is 71.8 Å². The van der Waals surface area contributed by atoms with Gasteiger partial charge in [0.1, 0.15) is 0 Å². The zero-order valence-electron chi connectivity index (χ0n) is 33.2. The van der Waals surface area contributed by atoms with Crippen LogP contribution in [0.2, 0.25) is 9.79 Å². The van der Waals surface area contributed by atoms with Crippen LogP contribution in [0.3, 0.4) is 0 Å². The third-order valence-corrected chi connectivity index (χ3v) is 11.2. The second-order valence-corrected chi connectivity index (χ2v) is 16.9. The van der Waals surface area contributed by atoms with Crippen LogP contribution >= 0.6 is 0 Å². The molecule has 0 fully saturated rings. The molecule has 2 aromatic rings. The predicted molar refractivity (Wildman–Crippen MR) is 218 cm³/mol. The monoisotopic (exact) mass is 772 g/mol. The number of allylic oxidation sites excluding steroid dienone is 4. The van der Waals surface area contributed by atoms with Crippen molar-refractivity contribution in [3.8, 4) is 0 Å². The molecular formula is C47H74N2Pd. The minimum absolute atomic E-state index is 0.955. The van der Waals surface area contributed by atoms with Gasteiger partial charge in [-0.1, -0.05) is 148 Å². The molecule has 1 aliphatic heterocycles. The van der Waals surface area contributed by atoms with Crippen LogP contribution in [-0.2, 0) is 30.8 Å². The number of hydrogen-bond acceptors (Lipinski definition) is 0. The number of nitrogens with zero attached hydrogens (tertiary/aromatic N) is 2. The Kier molecular flexibility index (Phi) is 25.1. The molecule has 0 amide bonds. The van der Waals surface area contributed by atoms with Gasteiger partial charge in [0.05, 0.1) is 5.57 Å². The van der Waals surface area contributed by atoms with Gasteiger partial charge in [-0.25, -0.2) is 4.70 Å². The molecule has 0 N–H and O–H groups in total. The average molecular weight is 774 g/mol. The van der Waals surface area contributed by atoms with Gasteiger partial charge < -0.3 is 5.53 Å². The van der Waals surface area contributed by atoms with Gasteiger partial charge in [0.25, 0.3) is 0 Å². The van der Waals surface area contributed by atoms with E-state index in [1.807, 2.05) is 0 Å². The van der Waals surface area contributed by atoms with Crippen molar-refractivity contribution in [1.82, 2.24) is 0 Å². The molecule has 3 rings (SSSR count). The number of unbranched alkanes of at least 4 members (excludes halogenated alkanes) is 14. The van der Waals surface area contributed by atoms with E-state index < -0.39 is 0 Å². The minimum atomic E-state index is 0.955. The number of rotatable bonds is 26. The van der Waals surface area contributed by atoms with E-state index >= 15 is 0 Å². The molecular weight excluding hydrogens is 699 g/mol. The molecule has 282 valence electrons. The first kappa shape index (κ1) is 44.1. The van der Waals surface area contributed by atoms with Gasteiger partial charge in [-0.15, -0.1) is 0 Å². The van der Waals surface area contributed by atoms with Crippen molar-refractivity contribution in [1.29, 1.82) is 0 Å². The van der Waals surface area contributed by atoms with Crippen LogP contribution in [0.1, 0.15) is 186 Å². The Morgan fingerprint density at radius 1 is 0.540 bits per heavy atom. The van der Waals surface area contributed by atoms with E-state index in [0.29, 0.717) is 0 Å². The third-order valence-electron chi connectivity index (χ3n) is 9.68. The van der Waals surface area contributed by atoms with Crippen LogP contribution in [0.25, 0.3) is 16.9 Å². The predicted octanol–water partition coefficient (Wildman–Crippen LogP) is 15.9. The Morgan fingerprint density at radius 3 is 1.52 bits per heavy atom. The fourth-order valence-electron chi connectivity index (χ4n) is 6.80. The summed E-state index contributed by atoms with van der Waals surface area (Å²) in [5.41, 5.74) is 21.5. The molecule has 0 radical (unpaired) electrons. The van der Waals surface area contributed by atoms with Gasteiger partial charge in [-0.3, -0.25) is 0 Å². The van der Waals surface area contributed by atoms with Gasteiger partial charge >= 0.3 is 41.6 Å². The molecule has 1 aliphatic rings. The molecule has 2 aromatic carbocycles. The molecule has 50 heavy (non-hydrogen) atoms. The van der Waals surface area contributed by atoms with Gasteiger partial charge in [-0.2, -0.15) is 0 Å². The normalized spacial score (nSPS) is 13.2. The van der Waals surface area contributed by atoms with E-state index in [4.69, 9.17) is 0 Å². The standard InChI is InChI=1S/C43H64N2.2C2H5.Pd/c1-5-9-13-15-16-17-18-19-20-21-23-33-41-40(32-22-14-10-6-2)42(38-30-24-28-36(34-38)26-11-7-3)45(44)43(41)39-31-25-29-37(35-39)27-12-8-4;2*1-2;/h23-25,28-31,33-35H,5-22,26-27,32H2,1-4H3;2*1H2,2H3;. The summed E-state index contributed by atoms with van der Waals surface area (Å²) >= 11 is 1.04. The number of hydrogen-bond donors (Lipinski definition) is 0. The van der Waals surface area contributed by atoms with Crippen molar-refractivity contribution in [2.75, 3.05) is 0 Å². The second kappa shape index (κ2) is 28.5. The van der Waals surface area contributed by atoms with E-state index in [2.05, 4.69) is 102 Å². The summed E-state index contributed by atoms with van der Waals surface area (Å²) in [6.45, 7) is 13.5. The van der Waals surface area contributed by atoms with Gasteiger partial charge in [0, 0.05) is 16.7 Å². The molecule has 3 heteroatoms. The summed E-state index contributed by atoms with van der Waals surface area (Å²) in [6, 6.07) is 17.9. The van der Waals surface area contributed by atoms with E-state index in [1.165, 1.54) is 135 Å².